The minimum Gasteiger partial charge on any atom is -0.383 e. The zero-order valence-electron chi connectivity index (χ0n) is 12.6. The van der Waals surface area contributed by atoms with Crippen LogP contribution in [0.15, 0.2) is 0 Å². The summed E-state index contributed by atoms with van der Waals surface area (Å²) >= 11 is 0. The third kappa shape index (κ3) is 5.38. The predicted octanol–water partition coefficient (Wildman–Crippen LogP) is 1.17. The minimum absolute atomic E-state index is 0.823. The Morgan fingerprint density at radius 3 is 2.89 bits per heavy atom. The molecular formula is C15H31N3O. The van der Waals surface area contributed by atoms with E-state index in [0.29, 0.717) is 0 Å². The molecule has 0 spiro atoms. The van der Waals surface area contributed by atoms with E-state index in [2.05, 4.69) is 15.1 Å². The predicted molar refractivity (Wildman–Crippen MR) is 79.6 cm³/mol. The van der Waals surface area contributed by atoms with Crippen LogP contribution in [0.5, 0.6) is 0 Å². The summed E-state index contributed by atoms with van der Waals surface area (Å²) in [6, 6.07) is 0.863. The van der Waals surface area contributed by atoms with Gasteiger partial charge < -0.3 is 15.0 Å². The Morgan fingerprint density at radius 1 is 1.11 bits per heavy atom. The van der Waals surface area contributed by atoms with Crippen molar-refractivity contribution in [3.05, 3.63) is 0 Å². The Morgan fingerprint density at radius 2 is 2.00 bits per heavy atom. The number of fused-ring (bicyclic) bond motifs is 1. The molecule has 2 aliphatic heterocycles. The molecule has 2 rings (SSSR count). The van der Waals surface area contributed by atoms with Crippen LogP contribution < -0.4 is 5.32 Å². The van der Waals surface area contributed by atoms with Gasteiger partial charge in [0.15, 0.2) is 0 Å². The van der Waals surface area contributed by atoms with E-state index in [0.717, 1.165) is 25.7 Å². The normalized spacial score (nSPS) is 25.4. The smallest absolute Gasteiger partial charge is 0.0587 e. The highest BCUT2D eigenvalue weighted by Crippen LogP contribution is 2.21. The lowest BCUT2D eigenvalue weighted by molar-refractivity contribution is 0.198. The average molecular weight is 269 g/mol. The lowest BCUT2D eigenvalue weighted by Gasteiger charge is -2.25. The Balaban J connectivity index is 1.53. The molecule has 112 valence electrons. The number of nitrogens with zero attached hydrogens (tertiary/aromatic N) is 2. The first-order valence-electron chi connectivity index (χ1n) is 8.06. The largest absolute Gasteiger partial charge is 0.383 e. The Labute approximate surface area is 118 Å². The first-order valence-corrected chi connectivity index (χ1v) is 8.06. The van der Waals surface area contributed by atoms with Gasteiger partial charge in [-0.1, -0.05) is 0 Å². The van der Waals surface area contributed by atoms with Gasteiger partial charge in [-0.15, -0.1) is 0 Å². The highest BCUT2D eigenvalue weighted by atomic mass is 16.5. The van der Waals surface area contributed by atoms with Gasteiger partial charge in [-0.05, 0) is 64.8 Å². The van der Waals surface area contributed by atoms with E-state index < -0.39 is 0 Å². The van der Waals surface area contributed by atoms with Gasteiger partial charge in [0, 0.05) is 26.2 Å². The van der Waals surface area contributed by atoms with Crippen molar-refractivity contribution < 1.29 is 4.74 Å². The highest BCUT2D eigenvalue weighted by molar-refractivity contribution is 4.84. The zero-order valence-corrected chi connectivity index (χ0v) is 12.6. The van der Waals surface area contributed by atoms with Crippen LogP contribution in [0.4, 0.5) is 0 Å². The molecule has 2 heterocycles. The van der Waals surface area contributed by atoms with Gasteiger partial charge in [0.2, 0.25) is 0 Å². The molecule has 4 heteroatoms. The molecule has 0 aromatic rings. The summed E-state index contributed by atoms with van der Waals surface area (Å²) in [5.74, 6) is 0. The van der Waals surface area contributed by atoms with Crippen molar-refractivity contribution in [2.75, 3.05) is 59.5 Å². The van der Waals surface area contributed by atoms with Gasteiger partial charge in [-0.3, -0.25) is 4.90 Å². The third-order valence-corrected chi connectivity index (χ3v) is 4.45. The summed E-state index contributed by atoms with van der Waals surface area (Å²) in [7, 11) is 1.76. The number of unbranched alkanes of at least 4 members (excludes halogenated alkanes) is 1. The summed E-state index contributed by atoms with van der Waals surface area (Å²) in [5.41, 5.74) is 0. The van der Waals surface area contributed by atoms with Gasteiger partial charge in [-0.2, -0.15) is 0 Å². The van der Waals surface area contributed by atoms with E-state index >= 15 is 0 Å². The van der Waals surface area contributed by atoms with E-state index in [-0.39, 0.29) is 0 Å². The summed E-state index contributed by atoms with van der Waals surface area (Å²) in [6.07, 6.45) is 6.82. The molecule has 19 heavy (non-hydrogen) atoms. The maximum absolute atomic E-state index is 5.02. The second kappa shape index (κ2) is 8.90. The summed E-state index contributed by atoms with van der Waals surface area (Å²) in [6.45, 7) is 9.53. The molecule has 1 N–H and O–H groups in total. The molecule has 4 nitrogen and oxygen atoms in total. The molecule has 1 atom stereocenters. The van der Waals surface area contributed by atoms with Gasteiger partial charge in [0.05, 0.1) is 6.61 Å². The van der Waals surface area contributed by atoms with E-state index in [4.69, 9.17) is 4.74 Å². The highest BCUT2D eigenvalue weighted by Gasteiger charge is 2.28. The number of methoxy groups -OCH3 is 1. The average Bonchev–Trinajstić information content (AvgIpc) is 2.76. The Hall–Kier alpha value is -0.160. The van der Waals surface area contributed by atoms with Crippen LogP contribution in [0, 0.1) is 0 Å². The van der Waals surface area contributed by atoms with Crippen molar-refractivity contribution in [2.45, 2.75) is 38.1 Å². The van der Waals surface area contributed by atoms with Gasteiger partial charge >= 0.3 is 0 Å². The molecule has 0 saturated carbocycles. The van der Waals surface area contributed by atoms with Crippen molar-refractivity contribution in [3.8, 4) is 0 Å². The third-order valence-electron chi connectivity index (χ3n) is 4.45. The molecular weight excluding hydrogens is 238 g/mol. The Bertz CT molecular complexity index is 237. The number of hydrogen-bond acceptors (Lipinski definition) is 4. The molecule has 0 aromatic heterocycles. The van der Waals surface area contributed by atoms with E-state index in [9.17, 15) is 0 Å². The van der Waals surface area contributed by atoms with Gasteiger partial charge in [-0.25, -0.2) is 0 Å². The zero-order chi connectivity index (χ0) is 13.3. The molecule has 2 fully saturated rings. The molecule has 0 aliphatic carbocycles. The van der Waals surface area contributed by atoms with Crippen LogP contribution in [-0.2, 0) is 4.74 Å². The van der Waals surface area contributed by atoms with Crippen LogP contribution in [0.3, 0.4) is 0 Å². The monoisotopic (exact) mass is 269 g/mol. The van der Waals surface area contributed by atoms with Crippen LogP contribution in [0.2, 0.25) is 0 Å². The molecule has 2 aliphatic rings. The van der Waals surface area contributed by atoms with Crippen molar-refractivity contribution in [2.24, 2.45) is 0 Å². The Kier molecular flexibility index (Phi) is 7.14. The SMILES string of the molecule is COCCNCCCCN1CCCN2CCCC2C1. The quantitative estimate of drug-likeness (QED) is 0.670. The fourth-order valence-electron chi connectivity index (χ4n) is 3.37. The number of ether oxygens (including phenoxy) is 1. The topological polar surface area (TPSA) is 27.7 Å². The van der Waals surface area contributed by atoms with Crippen LogP contribution in [0.1, 0.15) is 32.1 Å². The molecule has 2 saturated heterocycles. The van der Waals surface area contributed by atoms with E-state index in [1.54, 1.807) is 7.11 Å². The molecule has 0 amide bonds. The van der Waals surface area contributed by atoms with Crippen LogP contribution in [0.25, 0.3) is 0 Å². The van der Waals surface area contributed by atoms with Crippen molar-refractivity contribution in [3.63, 3.8) is 0 Å². The van der Waals surface area contributed by atoms with Crippen LogP contribution in [-0.4, -0.2) is 75.4 Å². The maximum atomic E-state index is 5.02. The maximum Gasteiger partial charge on any atom is 0.0587 e. The second-order valence-corrected chi connectivity index (χ2v) is 5.94. The van der Waals surface area contributed by atoms with Crippen molar-refractivity contribution in [1.82, 2.24) is 15.1 Å². The fourth-order valence-corrected chi connectivity index (χ4v) is 3.37. The standard InChI is InChI=1S/C15H31N3O/c1-19-13-8-16-7-2-3-9-17-10-5-12-18-11-4-6-15(18)14-17/h15-16H,2-14H2,1H3. The first-order chi connectivity index (χ1) is 9.40. The van der Waals surface area contributed by atoms with Crippen LogP contribution >= 0.6 is 0 Å². The number of nitrogens with one attached hydrogen (secondary N) is 1. The van der Waals surface area contributed by atoms with E-state index in [1.807, 2.05) is 0 Å². The molecule has 0 radical (unpaired) electrons. The molecule has 0 bridgehead atoms. The minimum atomic E-state index is 0.823. The second-order valence-electron chi connectivity index (χ2n) is 5.94. The lowest BCUT2D eigenvalue weighted by atomic mass is 10.2. The molecule has 1 unspecified atom stereocenters. The summed E-state index contributed by atoms with van der Waals surface area (Å²) in [4.78, 5) is 5.41. The fraction of sp³-hybridized carbons (Fsp3) is 1.00. The van der Waals surface area contributed by atoms with Crippen molar-refractivity contribution >= 4 is 0 Å². The number of hydrogen-bond donors (Lipinski definition) is 1. The first kappa shape index (κ1) is 15.2. The van der Waals surface area contributed by atoms with E-state index in [1.165, 1.54) is 64.8 Å². The lowest BCUT2D eigenvalue weighted by Crippen LogP contribution is -2.37. The summed E-state index contributed by atoms with van der Waals surface area (Å²) in [5, 5.41) is 3.42. The molecule has 0 aromatic carbocycles. The van der Waals surface area contributed by atoms with Gasteiger partial charge in [0.1, 0.15) is 0 Å². The number of rotatable bonds is 8. The van der Waals surface area contributed by atoms with Gasteiger partial charge in [0.25, 0.3) is 0 Å². The van der Waals surface area contributed by atoms with Crippen molar-refractivity contribution in [1.29, 1.82) is 0 Å². The summed E-state index contributed by atoms with van der Waals surface area (Å²) < 4.78 is 5.02.